The van der Waals surface area contributed by atoms with Gasteiger partial charge in [-0.05, 0) is 24.6 Å². The summed E-state index contributed by atoms with van der Waals surface area (Å²) in [5.41, 5.74) is -2.50. The SMILES string of the molecule is COc1ncncc1S(=O)(=O)Nc1ccc(F)c(-c2ccc3c(C(=O)NCCCO)n[nH]c3c2F)c1F. The fraction of sp³-hybridized carbons (Fsp3) is 0.182. The van der Waals surface area contributed by atoms with Gasteiger partial charge in [-0.1, -0.05) is 6.07 Å². The lowest BCUT2D eigenvalue weighted by Crippen LogP contribution is -2.25. The number of hydrogen-bond donors (Lipinski definition) is 4. The van der Waals surface area contributed by atoms with Crippen molar-refractivity contribution in [3.8, 4) is 17.0 Å². The van der Waals surface area contributed by atoms with E-state index in [0.29, 0.717) is 6.42 Å². The number of hydrogen-bond acceptors (Lipinski definition) is 8. The molecule has 0 atom stereocenters. The Morgan fingerprint density at radius 3 is 2.68 bits per heavy atom. The van der Waals surface area contributed by atoms with Gasteiger partial charge in [-0.25, -0.2) is 31.6 Å². The topological polar surface area (TPSA) is 159 Å². The maximum Gasteiger partial charge on any atom is 0.272 e. The second-order valence-corrected chi connectivity index (χ2v) is 9.19. The molecular formula is C22H19F3N6O5S. The van der Waals surface area contributed by atoms with Crippen LogP contribution in [-0.4, -0.2) is 59.9 Å². The van der Waals surface area contributed by atoms with Crippen LogP contribution in [0, 0.1) is 17.5 Å². The van der Waals surface area contributed by atoms with E-state index in [2.05, 4.69) is 25.5 Å². The van der Waals surface area contributed by atoms with Crippen LogP contribution in [0.2, 0.25) is 0 Å². The van der Waals surface area contributed by atoms with Crippen molar-refractivity contribution in [2.24, 2.45) is 0 Å². The Morgan fingerprint density at radius 2 is 1.95 bits per heavy atom. The van der Waals surface area contributed by atoms with Crippen LogP contribution in [0.1, 0.15) is 16.9 Å². The number of nitrogens with zero attached hydrogens (tertiary/aromatic N) is 3. The summed E-state index contributed by atoms with van der Waals surface area (Å²) in [7, 11) is -3.31. The Hall–Kier alpha value is -4.24. The van der Waals surface area contributed by atoms with Crippen LogP contribution in [0.15, 0.2) is 41.7 Å². The van der Waals surface area contributed by atoms with Crippen LogP contribution >= 0.6 is 0 Å². The van der Waals surface area contributed by atoms with Gasteiger partial charge in [0, 0.05) is 24.1 Å². The van der Waals surface area contributed by atoms with E-state index < -0.39 is 55.1 Å². The van der Waals surface area contributed by atoms with Crippen molar-refractivity contribution >= 4 is 32.5 Å². The summed E-state index contributed by atoms with van der Waals surface area (Å²) in [4.78, 5) is 19.1. The second kappa shape index (κ2) is 10.4. The second-order valence-electron chi connectivity index (χ2n) is 7.54. The van der Waals surface area contributed by atoms with Gasteiger partial charge in [-0.3, -0.25) is 14.6 Å². The van der Waals surface area contributed by atoms with Crippen molar-refractivity contribution in [1.29, 1.82) is 0 Å². The number of benzene rings is 2. The van der Waals surface area contributed by atoms with Crippen LogP contribution in [0.3, 0.4) is 0 Å². The molecule has 0 fully saturated rings. The van der Waals surface area contributed by atoms with E-state index in [1.165, 1.54) is 13.2 Å². The Balaban J connectivity index is 1.74. The summed E-state index contributed by atoms with van der Waals surface area (Å²) in [6.07, 6.45) is 2.28. The van der Waals surface area contributed by atoms with Crippen molar-refractivity contribution in [1.82, 2.24) is 25.5 Å². The molecule has 4 rings (SSSR count). The number of fused-ring (bicyclic) bond motifs is 1. The highest BCUT2D eigenvalue weighted by Gasteiger charge is 2.27. The van der Waals surface area contributed by atoms with E-state index in [4.69, 9.17) is 9.84 Å². The molecule has 0 unspecified atom stereocenters. The predicted molar refractivity (Wildman–Crippen MR) is 125 cm³/mol. The minimum atomic E-state index is -4.48. The maximum absolute atomic E-state index is 15.4. The highest BCUT2D eigenvalue weighted by Crippen LogP contribution is 2.36. The summed E-state index contributed by atoms with van der Waals surface area (Å²) in [5.74, 6) is -4.62. The average Bonchev–Trinajstić information content (AvgIpc) is 3.32. The first-order valence-electron chi connectivity index (χ1n) is 10.6. The molecule has 0 bridgehead atoms. The van der Waals surface area contributed by atoms with E-state index >= 15 is 8.78 Å². The predicted octanol–water partition coefficient (Wildman–Crippen LogP) is 2.36. The molecule has 37 heavy (non-hydrogen) atoms. The van der Waals surface area contributed by atoms with E-state index in [1.807, 2.05) is 4.72 Å². The van der Waals surface area contributed by atoms with Gasteiger partial charge in [0.25, 0.3) is 15.9 Å². The monoisotopic (exact) mass is 536 g/mol. The van der Waals surface area contributed by atoms with E-state index in [9.17, 15) is 17.6 Å². The van der Waals surface area contributed by atoms with Crippen LogP contribution in [0.25, 0.3) is 22.0 Å². The number of carbonyl (C=O) groups is 1. The molecule has 4 aromatic rings. The number of halogens is 3. The molecule has 2 aromatic carbocycles. The lowest BCUT2D eigenvalue weighted by atomic mass is 10.0. The molecule has 0 aliphatic rings. The average molecular weight is 536 g/mol. The Bertz CT molecular complexity index is 1600. The first-order valence-corrected chi connectivity index (χ1v) is 12.1. The standard InChI is InChI=1S/C22H19F3N6O5S/c1-36-22-15(9-26-10-28-22)37(34,35)31-14-6-5-13(23)16(18(14)25)11-3-4-12-19(17(11)24)29-30-20(12)21(33)27-7-2-8-32/h3-6,9-10,31-32H,2,7-8H2,1H3,(H,27,33)(H,29,30). The molecule has 4 N–H and O–H groups in total. The minimum absolute atomic E-state index is 0.0524. The molecule has 0 aliphatic carbocycles. The first kappa shape index (κ1) is 25.8. The molecule has 0 radical (unpaired) electrons. The zero-order valence-corrected chi connectivity index (χ0v) is 19.9. The third-order valence-corrected chi connectivity index (χ3v) is 6.59. The van der Waals surface area contributed by atoms with E-state index in [0.717, 1.165) is 30.7 Å². The van der Waals surface area contributed by atoms with Crippen molar-refractivity contribution in [2.45, 2.75) is 11.3 Å². The third kappa shape index (κ3) is 4.90. The lowest BCUT2D eigenvalue weighted by Gasteiger charge is -2.14. The normalized spacial score (nSPS) is 11.5. The number of aromatic nitrogens is 4. The molecule has 2 heterocycles. The summed E-state index contributed by atoms with van der Waals surface area (Å²) in [6, 6.07) is 3.90. The molecule has 2 aromatic heterocycles. The number of aliphatic hydroxyl groups excluding tert-OH is 1. The lowest BCUT2D eigenvalue weighted by molar-refractivity contribution is 0.0947. The summed E-state index contributed by atoms with van der Waals surface area (Å²) < 4.78 is 78.0. The molecule has 11 nitrogen and oxygen atoms in total. The number of anilines is 1. The van der Waals surface area contributed by atoms with Crippen LogP contribution in [-0.2, 0) is 10.0 Å². The molecule has 0 saturated heterocycles. The number of sulfonamides is 1. The van der Waals surface area contributed by atoms with Gasteiger partial charge < -0.3 is 15.2 Å². The van der Waals surface area contributed by atoms with Gasteiger partial charge in [0.1, 0.15) is 17.7 Å². The van der Waals surface area contributed by atoms with Gasteiger partial charge in [0.2, 0.25) is 5.88 Å². The molecule has 0 saturated carbocycles. The van der Waals surface area contributed by atoms with E-state index in [-0.39, 0.29) is 35.6 Å². The van der Waals surface area contributed by atoms with Crippen LogP contribution < -0.4 is 14.8 Å². The fourth-order valence-electron chi connectivity index (χ4n) is 3.51. The van der Waals surface area contributed by atoms with Gasteiger partial charge in [0.05, 0.1) is 24.6 Å². The van der Waals surface area contributed by atoms with Crippen LogP contribution in [0.4, 0.5) is 18.9 Å². The Morgan fingerprint density at radius 1 is 1.16 bits per heavy atom. The number of carbonyl (C=O) groups excluding carboxylic acids is 1. The number of aromatic amines is 1. The number of amides is 1. The minimum Gasteiger partial charge on any atom is -0.480 e. The van der Waals surface area contributed by atoms with Gasteiger partial charge in [0.15, 0.2) is 22.2 Å². The highest BCUT2D eigenvalue weighted by atomic mass is 32.2. The number of H-pyrrole nitrogens is 1. The summed E-state index contributed by atoms with van der Waals surface area (Å²) in [6.45, 7) is 0.0168. The number of ether oxygens (including phenoxy) is 1. The van der Waals surface area contributed by atoms with Gasteiger partial charge in [-0.15, -0.1) is 0 Å². The largest absolute Gasteiger partial charge is 0.480 e. The van der Waals surface area contributed by atoms with Crippen LogP contribution in [0.5, 0.6) is 5.88 Å². The number of rotatable bonds is 9. The molecule has 15 heteroatoms. The van der Waals surface area contributed by atoms with Crippen molar-refractivity contribution in [2.75, 3.05) is 25.0 Å². The fourth-order valence-corrected chi connectivity index (χ4v) is 4.63. The van der Waals surface area contributed by atoms with Crippen molar-refractivity contribution in [3.05, 3.63) is 59.9 Å². The molecule has 0 spiro atoms. The Labute approximate surface area is 207 Å². The van der Waals surface area contributed by atoms with Crippen molar-refractivity contribution in [3.63, 3.8) is 0 Å². The maximum atomic E-state index is 15.4. The molecular weight excluding hydrogens is 517 g/mol. The van der Waals surface area contributed by atoms with Gasteiger partial charge in [-0.2, -0.15) is 5.10 Å². The highest BCUT2D eigenvalue weighted by molar-refractivity contribution is 7.92. The third-order valence-electron chi connectivity index (χ3n) is 5.24. The zero-order chi connectivity index (χ0) is 26.7. The summed E-state index contributed by atoms with van der Waals surface area (Å²) in [5, 5.41) is 17.5. The number of aliphatic hydroxyl groups is 1. The molecule has 1 amide bonds. The molecule has 194 valence electrons. The quantitative estimate of drug-likeness (QED) is 0.237. The zero-order valence-electron chi connectivity index (χ0n) is 19.0. The smallest absolute Gasteiger partial charge is 0.272 e. The Kier molecular flexibility index (Phi) is 7.26. The first-order chi connectivity index (χ1) is 17.7. The summed E-state index contributed by atoms with van der Waals surface area (Å²) >= 11 is 0. The van der Waals surface area contributed by atoms with Crippen molar-refractivity contribution < 1.29 is 36.2 Å². The van der Waals surface area contributed by atoms with Gasteiger partial charge >= 0.3 is 0 Å². The number of nitrogens with one attached hydrogen (secondary N) is 3. The number of methoxy groups -OCH3 is 1. The molecule has 0 aliphatic heterocycles. The van der Waals surface area contributed by atoms with E-state index in [1.54, 1.807) is 0 Å².